The van der Waals surface area contributed by atoms with Crippen LogP contribution in [-0.2, 0) is 0 Å². The van der Waals surface area contributed by atoms with E-state index in [4.69, 9.17) is 0 Å². The molecule has 0 spiro atoms. The van der Waals surface area contributed by atoms with Gasteiger partial charge in [0, 0.05) is 31.7 Å². The van der Waals surface area contributed by atoms with Crippen molar-refractivity contribution in [3.05, 3.63) is 0 Å². The first-order valence-electron chi connectivity index (χ1n) is 8.70. The zero-order valence-corrected chi connectivity index (χ0v) is 15.6. The predicted octanol–water partition coefficient (Wildman–Crippen LogP) is 3.06. The van der Waals surface area contributed by atoms with Gasteiger partial charge in [-0.25, -0.2) is 0 Å². The van der Waals surface area contributed by atoms with Crippen LogP contribution in [0.15, 0.2) is 0 Å². The molecule has 0 aromatic heterocycles. The number of hydrogen-bond acceptors (Lipinski definition) is 3. The summed E-state index contributed by atoms with van der Waals surface area (Å²) in [6.07, 6.45) is 5.55. The smallest absolute Gasteiger partial charge is 0.0106 e. The number of rotatable bonds is 7. The molecule has 126 valence electrons. The van der Waals surface area contributed by atoms with Crippen LogP contribution in [0, 0.1) is 11.3 Å². The molecule has 3 nitrogen and oxygen atoms in total. The van der Waals surface area contributed by atoms with Crippen LogP contribution in [0.3, 0.4) is 0 Å². The molecular weight excluding hydrogens is 258 g/mol. The predicted molar refractivity (Wildman–Crippen MR) is 93.9 cm³/mol. The maximum Gasteiger partial charge on any atom is 0.0106 e. The molecule has 0 aliphatic heterocycles. The first kappa shape index (κ1) is 18.9. The van der Waals surface area contributed by atoms with E-state index in [9.17, 15) is 0 Å². The maximum atomic E-state index is 3.78. The number of hydrogen-bond donors (Lipinski definition) is 1. The molecule has 0 atom stereocenters. The number of likely N-dealkylation sites (N-methyl/N-ethyl adjacent to an activating group) is 2. The monoisotopic (exact) mass is 297 g/mol. The molecule has 1 N–H and O–H groups in total. The van der Waals surface area contributed by atoms with Crippen LogP contribution >= 0.6 is 0 Å². The fourth-order valence-electron chi connectivity index (χ4n) is 3.24. The fourth-order valence-corrected chi connectivity index (χ4v) is 3.24. The SMILES string of the molecule is CC1CCC(CNC(C)(C)C)(CN(C)CCN(C)C)CC1. The largest absolute Gasteiger partial charge is 0.311 e. The van der Waals surface area contributed by atoms with E-state index in [0.29, 0.717) is 5.41 Å². The van der Waals surface area contributed by atoms with Crippen LogP contribution < -0.4 is 5.32 Å². The van der Waals surface area contributed by atoms with Gasteiger partial charge in [0.2, 0.25) is 0 Å². The van der Waals surface area contributed by atoms with Crippen molar-refractivity contribution in [2.75, 3.05) is 47.3 Å². The van der Waals surface area contributed by atoms with Gasteiger partial charge < -0.3 is 15.1 Å². The molecule has 21 heavy (non-hydrogen) atoms. The molecule has 0 bridgehead atoms. The van der Waals surface area contributed by atoms with Gasteiger partial charge in [-0.15, -0.1) is 0 Å². The van der Waals surface area contributed by atoms with Crippen molar-refractivity contribution in [3.63, 3.8) is 0 Å². The Labute approximate surface area is 133 Å². The zero-order chi connectivity index (χ0) is 16.1. The summed E-state index contributed by atoms with van der Waals surface area (Å²) >= 11 is 0. The summed E-state index contributed by atoms with van der Waals surface area (Å²) in [5.41, 5.74) is 0.694. The highest BCUT2D eigenvalue weighted by atomic mass is 15.2. The lowest BCUT2D eigenvalue weighted by Crippen LogP contribution is -2.50. The lowest BCUT2D eigenvalue weighted by atomic mass is 9.70. The molecule has 1 aliphatic carbocycles. The minimum Gasteiger partial charge on any atom is -0.311 e. The van der Waals surface area contributed by atoms with Gasteiger partial charge in [-0.05, 0) is 66.1 Å². The molecule has 0 amide bonds. The zero-order valence-electron chi connectivity index (χ0n) is 15.6. The van der Waals surface area contributed by atoms with Gasteiger partial charge in [-0.2, -0.15) is 0 Å². The van der Waals surface area contributed by atoms with Gasteiger partial charge in [0.1, 0.15) is 0 Å². The Morgan fingerprint density at radius 3 is 2.10 bits per heavy atom. The Morgan fingerprint density at radius 1 is 1.05 bits per heavy atom. The Balaban J connectivity index is 2.59. The Hall–Kier alpha value is -0.120. The topological polar surface area (TPSA) is 18.5 Å². The van der Waals surface area contributed by atoms with Gasteiger partial charge >= 0.3 is 0 Å². The standard InChI is InChI=1S/C18H39N3/c1-16-8-10-18(11-9-16,14-19-17(2,3)4)15-21(7)13-12-20(5)6/h16,19H,8-15H2,1-7H3. The van der Waals surface area contributed by atoms with Gasteiger partial charge in [0.25, 0.3) is 0 Å². The third-order valence-corrected chi connectivity index (χ3v) is 4.86. The van der Waals surface area contributed by atoms with Crippen LogP contribution in [-0.4, -0.2) is 62.7 Å². The molecule has 1 aliphatic rings. The minimum absolute atomic E-state index is 0.221. The number of nitrogens with one attached hydrogen (secondary N) is 1. The molecule has 1 fully saturated rings. The summed E-state index contributed by atoms with van der Waals surface area (Å²) in [5, 5.41) is 3.78. The van der Waals surface area contributed by atoms with E-state index in [1.54, 1.807) is 0 Å². The van der Waals surface area contributed by atoms with Crippen molar-refractivity contribution in [1.29, 1.82) is 0 Å². The van der Waals surface area contributed by atoms with Crippen molar-refractivity contribution in [2.45, 2.75) is 58.9 Å². The van der Waals surface area contributed by atoms with Crippen LogP contribution in [0.2, 0.25) is 0 Å². The van der Waals surface area contributed by atoms with Crippen LogP contribution in [0.5, 0.6) is 0 Å². The second-order valence-electron chi connectivity index (χ2n) is 8.83. The summed E-state index contributed by atoms with van der Waals surface area (Å²) in [6, 6.07) is 0. The van der Waals surface area contributed by atoms with Crippen molar-refractivity contribution in [2.24, 2.45) is 11.3 Å². The summed E-state index contributed by atoms with van der Waals surface area (Å²) in [5.74, 6) is 0.917. The lowest BCUT2D eigenvalue weighted by molar-refractivity contribution is 0.0886. The second-order valence-corrected chi connectivity index (χ2v) is 8.83. The van der Waals surface area contributed by atoms with E-state index in [0.717, 1.165) is 19.0 Å². The first-order valence-corrected chi connectivity index (χ1v) is 8.70. The minimum atomic E-state index is 0.221. The summed E-state index contributed by atoms with van der Waals surface area (Å²) < 4.78 is 0. The van der Waals surface area contributed by atoms with Gasteiger partial charge in [-0.1, -0.05) is 19.8 Å². The Bertz CT molecular complexity index is 285. The van der Waals surface area contributed by atoms with Gasteiger partial charge in [-0.3, -0.25) is 0 Å². The molecule has 3 heteroatoms. The molecule has 0 saturated heterocycles. The first-order chi connectivity index (χ1) is 9.62. The molecule has 0 radical (unpaired) electrons. The van der Waals surface area contributed by atoms with E-state index < -0.39 is 0 Å². The highest BCUT2D eigenvalue weighted by Gasteiger charge is 2.35. The van der Waals surface area contributed by atoms with Crippen molar-refractivity contribution in [3.8, 4) is 0 Å². The molecule has 0 aromatic rings. The second kappa shape index (κ2) is 7.94. The third-order valence-electron chi connectivity index (χ3n) is 4.86. The van der Waals surface area contributed by atoms with Crippen molar-refractivity contribution in [1.82, 2.24) is 15.1 Å². The highest BCUT2D eigenvalue weighted by Crippen LogP contribution is 2.39. The fraction of sp³-hybridized carbons (Fsp3) is 1.00. The summed E-state index contributed by atoms with van der Waals surface area (Å²) in [7, 11) is 6.61. The quantitative estimate of drug-likeness (QED) is 0.779. The van der Waals surface area contributed by atoms with Crippen molar-refractivity contribution < 1.29 is 0 Å². The molecule has 0 heterocycles. The third kappa shape index (κ3) is 7.62. The average Bonchev–Trinajstić information content (AvgIpc) is 2.37. The molecule has 1 saturated carbocycles. The molecular formula is C18H39N3. The van der Waals surface area contributed by atoms with E-state index >= 15 is 0 Å². The summed E-state index contributed by atoms with van der Waals surface area (Å²) in [4.78, 5) is 4.82. The van der Waals surface area contributed by atoms with E-state index in [2.05, 4.69) is 64.0 Å². The average molecular weight is 298 g/mol. The highest BCUT2D eigenvalue weighted by molar-refractivity contribution is 4.90. The van der Waals surface area contributed by atoms with Crippen molar-refractivity contribution >= 4 is 0 Å². The molecule has 1 rings (SSSR count). The normalized spacial score (nSPS) is 27.6. The van der Waals surface area contributed by atoms with E-state index in [-0.39, 0.29) is 5.54 Å². The van der Waals surface area contributed by atoms with Crippen LogP contribution in [0.25, 0.3) is 0 Å². The van der Waals surface area contributed by atoms with Gasteiger partial charge in [0.15, 0.2) is 0 Å². The molecule has 0 aromatic carbocycles. The van der Waals surface area contributed by atoms with Crippen LogP contribution in [0.1, 0.15) is 53.4 Å². The summed E-state index contributed by atoms with van der Waals surface area (Å²) in [6.45, 7) is 14.0. The maximum absolute atomic E-state index is 3.78. The van der Waals surface area contributed by atoms with E-state index in [1.807, 2.05) is 0 Å². The Morgan fingerprint density at radius 2 is 1.62 bits per heavy atom. The molecule has 0 unspecified atom stereocenters. The Kier molecular flexibility index (Phi) is 7.15. The van der Waals surface area contributed by atoms with Gasteiger partial charge in [0.05, 0.1) is 0 Å². The number of nitrogens with zero attached hydrogens (tertiary/aromatic N) is 2. The van der Waals surface area contributed by atoms with E-state index in [1.165, 1.54) is 38.8 Å². The van der Waals surface area contributed by atoms with Crippen LogP contribution in [0.4, 0.5) is 0 Å². The lowest BCUT2D eigenvalue weighted by Gasteiger charge is -2.44.